The Labute approximate surface area is 213 Å². The average molecular weight is 496 g/mol. The SMILES string of the molecule is CCN(c1ccc(C2(CC(=O)O)CCOCC2)cc1NC(=O)Nc1ccc(C)cc1)C1CCOCC1. The highest BCUT2D eigenvalue weighted by Crippen LogP contribution is 2.42. The zero-order valence-electron chi connectivity index (χ0n) is 21.2. The molecule has 8 heteroatoms. The van der Waals surface area contributed by atoms with Crippen molar-refractivity contribution in [1.29, 1.82) is 0 Å². The van der Waals surface area contributed by atoms with Crippen LogP contribution in [0.15, 0.2) is 42.5 Å². The summed E-state index contributed by atoms with van der Waals surface area (Å²) in [5, 5.41) is 15.7. The van der Waals surface area contributed by atoms with Gasteiger partial charge in [0.25, 0.3) is 0 Å². The molecule has 0 spiro atoms. The van der Waals surface area contributed by atoms with E-state index in [1.54, 1.807) is 0 Å². The van der Waals surface area contributed by atoms with Crippen LogP contribution in [0.2, 0.25) is 0 Å². The molecule has 36 heavy (non-hydrogen) atoms. The Morgan fingerprint density at radius 1 is 1.00 bits per heavy atom. The lowest BCUT2D eigenvalue weighted by atomic mass is 9.71. The molecule has 0 bridgehead atoms. The van der Waals surface area contributed by atoms with Crippen molar-refractivity contribution in [3.8, 4) is 0 Å². The molecule has 0 unspecified atom stereocenters. The van der Waals surface area contributed by atoms with Crippen molar-refractivity contribution in [2.24, 2.45) is 0 Å². The molecule has 0 radical (unpaired) electrons. The van der Waals surface area contributed by atoms with Crippen molar-refractivity contribution >= 4 is 29.1 Å². The largest absolute Gasteiger partial charge is 0.481 e. The minimum absolute atomic E-state index is 0.0299. The van der Waals surface area contributed by atoms with Gasteiger partial charge in [-0.1, -0.05) is 23.8 Å². The summed E-state index contributed by atoms with van der Waals surface area (Å²) in [6.07, 6.45) is 3.13. The Bertz CT molecular complexity index is 1040. The number of carbonyl (C=O) groups is 2. The monoisotopic (exact) mass is 495 g/mol. The van der Waals surface area contributed by atoms with Gasteiger partial charge < -0.3 is 30.1 Å². The van der Waals surface area contributed by atoms with Gasteiger partial charge in [0.05, 0.1) is 17.8 Å². The fraction of sp³-hybridized carbons (Fsp3) is 0.500. The van der Waals surface area contributed by atoms with Gasteiger partial charge in [-0.2, -0.15) is 0 Å². The van der Waals surface area contributed by atoms with E-state index in [1.165, 1.54) is 0 Å². The lowest BCUT2D eigenvalue weighted by Crippen LogP contribution is -2.40. The molecule has 0 aliphatic carbocycles. The molecule has 2 aromatic rings. The van der Waals surface area contributed by atoms with Gasteiger partial charge in [-0.15, -0.1) is 0 Å². The third kappa shape index (κ3) is 6.17. The van der Waals surface area contributed by atoms with E-state index in [0.717, 1.165) is 49.4 Å². The molecule has 2 aliphatic rings. The molecule has 2 saturated heterocycles. The summed E-state index contributed by atoms with van der Waals surface area (Å²) in [5.41, 5.74) is 3.84. The molecular weight excluding hydrogens is 458 g/mol. The predicted molar refractivity (Wildman–Crippen MR) is 141 cm³/mol. The third-order valence-corrected chi connectivity index (χ3v) is 7.39. The van der Waals surface area contributed by atoms with Crippen molar-refractivity contribution in [3.63, 3.8) is 0 Å². The number of nitrogens with one attached hydrogen (secondary N) is 2. The molecule has 2 heterocycles. The topological polar surface area (TPSA) is 100 Å². The van der Waals surface area contributed by atoms with Crippen LogP contribution in [0, 0.1) is 6.92 Å². The number of carbonyl (C=O) groups excluding carboxylic acids is 1. The van der Waals surface area contributed by atoms with E-state index in [-0.39, 0.29) is 12.5 Å². The Balaban J connectivity index is 1.68. The van der Waals surface area contributed by atoms with Crippen LogP contribution in [0.4, 0.5) is 21.9 Å². The van der Waals surface area contributed by atoms with Gasteiger partial charge in [0.1, 0.15) is 0 Å². The molecule has 4 rings (SSSR count). The number of nitrogens with zero attached hydrogens (tertiary/aromatic N) is 1. The zero-order chi connectivity index (χ0) is 25.5. The van der Waals surface area contributed by atoms with E-state index < -0.39 is 11.4 Å². The van der Waals surface area contributed by atoms with Gasteiger partial charge in [0.15, 0.2) is 0 Å². The van der Waals surface area contributed by atoms with Crippen LogP contribution in [0.1, 0.15) is 50.2 Å². The molecule has 194 valence electrons. The highest BCUT2D eigenvalue weighted by atomic mass is 16.5. The predicted octanol–water partition coefficient (Wildman–Crippen LogP) is 5.17. The fourth-order valence-corrected chi connectivity index (χ4v) is 5.38. The van der Waals surface area contributed by atoms with E-state index in [1.807, 2.05) is 49.4 Å². The van der Waals surface area contributed by atoms with Gasteiger partial charge in [-0.05, 0) is 69.4 Å². The number of hydrogen-bond donors (Lipinski definition) is 3. The summed E-state index contributed by atoms with van der Waals surface area (Å²) in [4.78, 5) is 27.2. The van der Waals surface area contributed by atoms with Crippen molar-refractivity contribution in [2.75, 3.05) is 48.5 Å². The number of carboxylic acid groups (broad SMARTS) is 1. The minimum Gasteiger partial charge on any atom is -0.481 e. The minimum atomic E-state index is -0.829. The molecule has 2 aliphatic heterocycles. The number of anilines is 3. The van der Waals surface area contributed by atoms with E-state index in [4.69, 9.17) is 9.47 Å². The molecule has 2 fully saturated rings. The second-order valence-corrected chi connectivity index (χ2v) is 9.77. The number of hydrogen-bond acceptors (Lipinski definition) is 5. The summed E-state index contributed by atoms with van der Waals surface area (Å²) < 4.78 is 11.1. The number of carboxylic acids is 1. The first-order valence-corrected chi connectivity index (χ1v) is 12.8. The second-order valence-electron chi connectivity index (χ2n) is 9.77. The number of amides is 2. The molecule has 3 N–H and O–H groups in total. The first kappa shape index (κ1) is 26.0. The third-order valence-electron chi connectivity index (χ3n) is 7.39. The van der Waals surface area contributed by atoms with Crippen LogP contribution in [0.5, 0.6) is 0 Å². The lowest BCUT2D eigenvalue weighted by Gasteiger charge is -2.39. The first-order chi connectivity index (χ1) is 17.4. The number of ether oxygens (including phenoxy) is 2. The number of benzene rings is 2. The molecule has 0 saturated carbocycles. The maximum atomic E-state index is 13.1. The van der Waals surface area contributed by atoms with Crippen LogP contribution in [0.3, 0.4) is 0 Å². The molecular formula is C28H37N3O5. The van der Waals surface area contributed by atoms with Crippen LogP contribution in [-0.2, 0) is 19.7 Å². The Morgan fingerprint density at radius 3 is 2.31 bits per heavy atom. The fourth-order valence-electron chi connectivity index (χ4n) is 5.38. The number of rotatable bonds is 8. The number of urea groups is 1. The summed E-state index contributed by atoms with van der Waals surface area (Å²) in [6, 6.07) is 13.7. The van der Waals surface area contributed by atoms with Gasteiger partial charge in [-0.3, -0.25) is 4.79 Å². The molecule has 2 amide bonds. The molecule has 2 aromatic carbocycles. The van der Waals surface area contributed by atoms with Gasteiger partial charge in [-0.25, -0.2) is 4.79 Å². The van der Waals surface area contributed by atoms with E-state index in [2.05, 4.69) is 22.5 Å². The number of aliphatic carboxylic acids is 1. The van der Waals surface area contributed by atoms with Crippen molar-refractivity contribution in [2.45, 2.75) is 57.4 Å². The Morgan fingerprint density at radius 2 is 1.67 bits per heavy atom. The van der Waals surface area contributed by atoms with Crippen molar-refractivity contribution in [3.05, 3.63) is 53.6 Å². The highest BCUT2D eigenvalue weighted by Gasteiger charge is 2.37. The molecule has 0 atom stereocenters. The Hall–Kier alpha value is -3.10. The van der Waals surface area contributed by atoms with Crippen LogP contribution < -0.4 is 15.5 Å². The summed E-state index contributed by atoms with van der Waals surface area (Å²) in [7, 11) is 0. The van der Waals surface area contributed by atoms with Gasteiger partial charge in [0, 0.05) is 50.1 Å². The molecule has 8 nitrogen and oxygen atoms in total. The van der Waals surface area contributed by atoms with Crippen molar-refractivity contribution in [1.82, 2.24) is 0 Å². The second kappa shape index (κ2) is 11.8. The van der Waals surface area contributed by atoms with Crippen LogP contribution >= 0.6 is 0 Å². The van der Waals surface area contributed by atoms with E-state index in [0.29, 0.717) is 43.5 Å². The normalized spacial score (nSPS) is 17.8. The number of aryl methyl sites for hydroxylation is 1. The van der Waals surface area contributed by atoms with E-state index >= 15 is 0 Å². The van der Waals surface area contributed by atoms with Crippen LogP contribution in [0.25, 0.3) is 0 Å². The van der Waals surface area contributed by atoms with Crippen molar-refractivity contribution < 1.29 is 24.2 Å². The Kier molecular flexibility index (Phi) is 8.48. The van der Waals surface area contributed by atoms with E-state index in [9.17, 15) is 14.7 Å². The van der Waals surface area contributed by atoms with Crippen LogP contribution in [-0.4, -0.2) is 56.1 Å². The first-order valence-electron chi connectivity index (χ1n) is 12.8. The van der Waals surface area contributed by atoms with Gasteiger partial charge >= 0.3 is 12.0 Å². The maximum Gasteiger partial charge on any atom is 0.323 e. The average Bonchev–Trinajstić information content (AvgIpc) is 2.87. The zero-order valence-corrected chi connectivity index (χ0v) is 21.2. The van der Waals surface area contributed by atoms with Gasteiger partial charge in [0.2, 0.25) is 0 Å². The quantitative estimate of drug-likeness (QED) is 0.467. The lowest BCUT2D eigenvalue weighted by molar-refractivity contribution is -0.139. The highest BCUT2D eigenvalue weighted by molar-refractivity contribution is 6.02. The standard InChI is InChI=1S/C28H37N3O5/c1-3-31(23-10-14-35-15-11-23)25-9-6-21(28(19-26(32)33)12-16-36-17-13-28)18-24(25)30-27(34)29-22-7-4-20(2)5-8-22/h4-9,18,23H,3,10-17,19H2,1-2H3,(H,32,33)(H2,29,30,34). The maximum absolute atomic E-state index is 13.1. The summed E-state index contributed by atoms with van der Waals surface area (Å²) in [5.74, 6) is -0.829. The summed E-state index contributed by atoms with van der Waals surface area (Å²) >= 11 is 0. The molecule has 0 aromatic heterocycles. The smallest absolute Gasteiger partial charge is 0.323 e. The summed E-state index contributed by atoms with van der Waals surface area (Å²) in [6.45, 7) is 7.38.